The van der Waals surface area contributed by atoms with Crippen LogP contribution in [0.2, 0.25) is 0 Å². The summed E-state index contributed by atoms with van der Waals surface area (Å²) in [4.78, 5) is 0. The van der Waals surface area contributed by atoms with Crippen LogP contribution in [0.3, 0.4) is 0 Å². The van der Waals surface area contributed by atoms with Gasteiger partial charge in [0, 0.05) is 12.1 Å². The topological polar surface area (TPSA) is 47.3 Å². The molecule has 0 spiro atoms. The number of hydrogen-bond acceptors (Lipinski definition) is 3. The predicted octanol–water partition coefficient (Wildman–Crippen LogP) is 3.61. The molecule has 0 aliphatic heterocycles. The fraction of sp³-hybridized carbons (Fsp3) is 0.400. The van der Waals surface area contributed by atoms with Crippen LogP contribution in [0.15, 0.2) is 28.7 Å². The summed E-state index contributed by atoms with van der Waals surface area (Å²) in [5.74, 6) is 0.705. The first kappa shape index (κ1) is 15.1. The number of nitrogens with zero attached hydrogens (tertiary/aromatic N) is 2. The summed E-state index contributed by atoms with van der Waals surface area (Å²) in [5.41, 5.74) is 2.75. The Morgan fingerprint density at radius 2 is 2.10 bits per heavy atom. The average molecular weight is 339 g/mol. The molecule has 1 aromatic heterocycles. The summed E-state index contributed by atoms with van der Waals surface area (Å²) in [6.07, 6.45) is -0.549. The van der Waals surface area contributed by atoms with Crippen LogP contribution in [-0.2, 0) is 13.2 Å². The molecule has 1 atom stereocenters. The van der Waals surface area contributed by atoms with Crippen molar-refractivity contribution in [1.82, 2.24) is 9.78 Å². The van der Waals surface area contributed by atoms with Crippen LogP contribution in [0.25, 0.3) is 0 Å². The zero-order valence-electron chi connectivity index (χ0n) is 11.9. The summed E-state index contributed by atoms with van der Waals surface area (Å²) < 4.78 is 8.77. The highest BCUT2D eigenvalue weighted by Gasteiger charge is 2.14. The van der Waals surface area contributed by atoms with Crippen molar-refractivity contribution in [2.45, 2.75) is 40.0 Å². The summed E-state index contributed by atoms with van der Waals surface area (Å²) in [6.45, 7) is 6.95. The zero-order chi connectivity index (χ0) is 14.7. The van der Waals surface area contributed by atoms with Gasteiger partial charge in [-0.1, -0.05) is 18.2 Å². The molecule has 1 N–H and O–H groups in total. The van der Waals surface area contributed by atoms with Crippen LogP contribution in [0.5, 0.6) is 5.75 Å². The molecule has 1 aromatic carbocycles. The Balaban J connectivity index is 2.21. The number of ether oxygens (including phenoxy) is 1. The van der Waals surface area contributed by atoms with Gasteiger partial charge in [0.1, 0.15) is 12.4 Å². The molecule has 0 radical (unpaired) electrons. The van der Waals surface area contributed by atoms with Gasteiger partial charge >= 0.3 is 0 Å². The number of aliphatic hydroxyl groups is 1. The van der Waals surface area contributed by atoms with E-state index < -0.39 is 6.10 Å². The maximum atomic E-state index is 9.75. The van der Waals surface area contributed by atoms with Crippen LogP contribution in [0.1, 0.15) is 36.9 Å². The second kappa shape index (κ2) is 6.41. The fourth-order valence-corrected chi connectivity index (χ4v) is 2.51. The quantitative estimate of drug-likeness (QED) is 0.905. The second-order valence-electron chi connectivity index (χ2n) is 4.66. The Morgan fingerprint density at radius 1 is 1.40 bits per heavy atom. The predicted molar refractivity (Wildman–Crippen MR) is 81.7 cm³/mol. The van der Waals surface area contributed by atoms with Crippen molar-refractivity contribution < 1.29 is 9.84 Å². The molecule has 2 rings (SSSR count). The molecule has 0 bridgehead atoms. The molecule has 0 aliphatic rings. The molecule has 0 amide bonds. The van der Waals surface area contributed by atoms with Gasteiger partial charge in [-0.2, -0.15) is 5.10 Å². The number of aryl methyl sites for hydroxylation is 2. The lowest BCUT2D eigenvalue weighted by Gasteiger charge is -2.14. The van der Waals surface area contributed by atoms with Crippen LogP contribution < -0.4 is 4.74 Å². The van der Waals surface area contributed by atoms with Gasteiger partial charge < -0.3 is 9.84 Å². The number of benzene rings is 1. The van der Waals surface area contributed by atoms with Gasteiger partial charge in [0.25, 0.3) is 0 Å². The number of halogens is 1. The Hall–Kier alpha value is -1.33. The van der Waals surface area contributed by atoms with Gasteiger partial charge in [0.05, 0.1) is 22.0 Å². The van der Waals surface area contributed by atoms with Crippen molar-refractivity contribution in [2.24, 2.45) is 0 Å². The van der Waals surface area contributed by atoms with Crippen LogP contribution in [0.4, 0.5) is 0 Å². The van der Waals surface area contributed by atoms with Crippen LogP contribution in [-0.4, -0.2) is 14.9 Å². The maximum Gasteiger partial charge on any atom is 0.131 e. The highest BCUT2D eigenvalue weighted by molar-refractivity contribution is 9.10. The van der Waals surface area contributed by atoms with Gasteiger partial charge in [-0.3, -0.25) is 4.68 Å². The van der Waals surface area contributed by atoms with Crippen LogP contribution in [0, 0.1) is 6.92 Å². The number of aliphatic hydroxyl groups excluding tert-OH is 1. The van der Waals surface area contributed by atoms with E-state index in [4.69, 9.17) is 4.74 Å². The van der Waals surface area contributed by atoms with Crippen molar-refractivity contribution >= 4 is 15.9 Å². The first-order chi connectivity index (χ1) is 9.54. The van der Waals surface area contributed by atoms with Gasteiger partial charge in [-0.25, -0.2) is 0 Å². The lowest BCUT2D eigenvalue weighted by molar-refractivity contribution is 0.189. The smallest absolute Gasteiger partial charge is 0.131 e. The Morgan fingerprint density at radius 3 is 2.75 bits per heavy atom. The minimum absolute atomic E-state index is 0.416. The largest absolute Gasteiger partial charge is 0.487 e. The molecule has 0 saturated carbocycles. The number of hydrogen-bond donors (Lipinski definition) is 1. The highest BCUT2D eigenvalue weighted by Crippen LogP contribution is 2.27. The first-order valence-corrected chi connectivity index (χ1v) is 7.45. The molecule has 0 fully saturated rings. The van der Waals surface area contributed by atoms with E-state index in [1.165, 1.54) is 0 Å². The van der Waals surface area contributed by atoms with Crippen molar-refractivity contribution in [3.05, 3.63) is 45.7 Å². The molecule has 5 heteroatoms. The van der Waals surface area contributed by atoms with E-state index in [2.05, 4.69) is 21.0 Å². The molecule has 4 nitrogen and oxygen atoms in total. The third kappa shape index (κ3) is 3.04. The monoisotopic (exact) mass is 338 g/mol. The molecule has 0 saturated heterocycles. The molecule has 1 heterocycles. The third-order valence-corrected chi connectivity index (χ3v) is 4.22. The normalized spacial score (nSPS) is 12.4. The van der Waals surface area contributed by atoms with E-state index in [1.807, 2.05) is 42.8 Å². The van der Waals surface area contributed by atoms with Gasteiger partial charge in [-0.15, -0.1) is 0 Å². The van der Waals surface area contributed by atoms with Gasteiger partial charge in [0.15, 0.2) is 0 Å². The second-order valence-corrected chi connectivity index (χ2v) is 5.46. The lowest BCUT2D eigenvalue weighted by Crippen LogP contribution is -2.08. The zero-order valence-corrected chi connectivity index (χ0v) is 13.5. The van der Waals surface area contributed by atoms with E-state index in [0.29, 0.717) is 12.4 Å². The highest BCUT2D eigenvalue weighted by atomic mass is 79.9. The van der Waals surface area contributed by atoms with E-state index in [-0.39, 0.29) is 0 Å². The summed E-state index contributed by atoms with van der Waals surface area (Å²) >= 11 is 3.55. The standard InChI is InChI=1S/C15H19BrN2O2/c1-4-18-13(15(16)10(2)17-18)9-20-14-8-6-5-7-12(14)11(3)19/h5-8,11,19H,4,9H2,1-3H3/t11-/m1/s1. The van der Waals surface area contributed by atoms with E-state index >= 15 is 0 Å². The number of para-hydroxylation sites is 1. The minimum Gasteiger partial charge on any atom is -0.487 e. The average Bonchev–Trinajstić information content (AvgIpc) is 2.72. The summed E-state index contributed by atoms with van der Waals surface area (Å²) in [7, 11) is 0. The Bertz CT molecular complexity index is 594. The van der Waals surface area contributed by atoms with Gasteiger partial charge in [-0.05, 0) is 42.8 Å². The lowest BCUT2D eigenvalue weighted by atomic mass is 10.1. The SMILES string of the molecule is CCn1nc(C)c(Br)c1COc1ccccc1[C@@H](C)O. The van der Waals surface area contributed by atoms with Crippen molar-refractivity contribution in [2.75, 3.05) is 0 Å². The molecule has 0 unspecified atom stereocenters. The van der Waals surface area contributed by atoms with Crippen molar-refractivity contribution in [1.29, 1.82) is 0 Å². The molecule has 0 aliphatic carbocycles. The molecule has 20 heavy (non-hydrogen) atoms. The summed E-state index contributed by atoms with van der Waals surface area (Å²) in [6, 6.07) is 7.54. The molecule has 2 aromatic rings. The molecular formula is C15H19BrN2O2. The molecule has 108 valence electrons. The van der Waals surface area contributed by atoms with E-state index in [1.54, 1.807) is 6.92 Å². The van der Waals surface area contributed by atoms with Crippen molar-refractivity contribution in [3.63, 3.8) is 0 Å². The third-order valence-electron chi connectivity index (χ3n) is 3.19. The Kier molecular flexibility index (Phi) is 4.83. The van der Waals surface area contributed by atoms with Crippen molar-refractivity contribution in [3.8, 4) is 5.75 Å². The first-order valence-electron chi connectivity index (χ1n) is 6.66. The molecular weight excluding hydrogens is 320 g/mol. The summed E-state index contributed by atoms with van der Waals surface area (Å²) in [5, 5.41) is 14.2. The minimum atomic E-state index is -0.549. The number of rotatable bonds is 5. The maximum absolute atomic E-state index is 9.75. The van der Waals surface area contributed by atoms with Crippen LogP contribution >= 0.6 is 15.9 Å². The van der Waals surface area contributed by atoms with E-state index in [9.17, 15) is 5.11 Å². The Labute approximate surface area is 127 Å². The number of aromatic nitrogens is 2. The fourth-order valence-electron chi connectivity index (χ4n) is 2.11. The van der Waals surface area contributed by atoms with Gasteiger partial charge in [0.2, 0.25) is 0 Å². The van der Waals surface area contributed by atoms with E-state index in [0.717, 1.165) is 28.0 Å².